The van der Waals surface area contributed by atoms with Gasteiger partial charge in [-0.05, 0) is 23.1 Å². The van der Waals surface area contributed by atoms with Crippen LogP contribution in [0.4, 0.5) is 11.4 Å². The molecule has 0 spiro atoms. The Labute approximate surface area is 97.5 Å². The summed E-state index contributed by atoms with van der Waals surface area (Å²) < 4.78 is 0. The number of hydrogen-bond acceptors (Lipinski definition) is 4. The van der Waals surface area contributed by atoms with Gasteiger partial charge in [-0.15, -0.1) is 0 Å². The van der Waals surface area contributed by atoms with E-state index in [2.05, 4.69) is 5.11 Å². The highest BCUT2D eigenvalue weighted by Crippen LogP contribution is 2.29. The van der Waals surface area contributed by atoms with Gasteiger partial charge in [-0.25, -0.2) is 0 Å². The van der Waals surface area contributed by atoms with Crippen LogP contribution < -0.4 is 0 Å². The number of para-hydroxylation sites is 3. The second-order valence-electron chi connectivity index (χ2n) is 3.35. The van der Waals surface area contributed by atoms with Crippen molar-refractivity contribution in [3.05, 3.63) is 53.7 Å². The fourth-order valence-corrected chi connectivity index (χ4v) is 1.33. The van der Waals surface area contributed by atoms with Crippen LogP contribution in [0.3, 0.4) is 0 Å². The van der Waals surface area contributed by atoms with E-state index in [-0.39, 0.29) is 27.7 Å². The minimum Gasteiger partial charge on any atom is -0.594 e. The smallest absolute Gasteiger partial charge is 0.286 e. The molecule has 0 aromatic heterocycles. The summed E-state index contributed by atoms with van der Waals surface area (Å²) in [5, 5.41) is 34.2. The average Bonchev–Trinajstić information content (AvgIpc) is 2.32. The molecule has 0 heterocycles. The SMILES string of the molecule is [O-][N+](=Nc1ccccc1O)c1ccccc1O. The van der Waals surface area contributed by atoms with Crippen LogP contribution in [-0.2, 0) is 0 Å². The molecule has 5 nitrogen and oxygen atoms in total. The number of rotatable bonds is 2. The van der Waals surface area contributed by atoms with Gasteiger partial charge in [-0.1, -0.05) is 24.3 Å². The highest BCUT2D eigenvalue weighted by molar-refractivity contribution is 5.50. The van der Waals surface area contributed by atoms with E-state index in [1.807, 2.05) is 0 Å². The Morgan fingerprint density at radius 1 is 0.882 bits per heavy atom. The molecule has 0 unspecified atom stereocenters. The van der Waals surface area contributed by atoms with E-state index in [0.717, 1.165) is 0 Å². The molecule has 0 radical (unpaired) electrons. The van der Waals surface area contributed by atoms with Crippen molar-refractivity contribution in [2.45, 2.75) is 0 Å². The topological polar surface area (TPSA) is 78.9 Å². The highest BCUT2D eigenvalue weighted by atomic mass is 16.5. The Morgan fingerprint density at radius 3 is 2.12 bits per heavy atom. The summed E-state index contributed by atoms with van der Waals surface area (Å²) in [6.07, 6.45) is 0. The lowest BCUT2D eigenvalue weighted by atomic mass is 10.3. The van der Waals surface area contributed by atoms with Crippen molar-refractivity contribution >= 4 is 11.4 Å². The van der Waals surface area contributed by atoms with Crippen LogP contribution in [0, 0.1) is 5.21 Å². The number of phenolic OH excluding ortho intramolecular Hbond substituents is 2. The highest BCUT2D eigenvalue weighted by Gasteiger charge is 2.10. The number of azo groups is 1. The molecule has 2 N–H and O–H groups in total. The zero-order chi connectivity index (χ0) is 12.3. The monoisotopic (exact) mass is 230 g/mol. The van der Waals surface area contributed by atoms with Gasteiger partial charge in [-0.2, -0.15) is 0 Å². The van der Waals surface area contributed by atoms with Crippen molar-refractivity contribution in [1.29, 1.82) is 0 Å². The third-order valence-electron chi connectivity index (χ3n) is 2.17. The second-order valence-corrected chi connectivity index (χ2v) is 3.35. The van der Waals surface area contributed by atoms with Crippen LogP contribution in [0.15, 0.2) is 53.6 Å². The van der Waals surface area contributed by atoms with Crippen molar-refractivity contribution in [2.24, 2.45) is 5.11 Å². The lowest BCUT2D eigenvalue weighted by Gasteiger charge is -2.02. The van der Waals surface area contributed by atoms with Gasteiger partial charge in [0, 0.05) is 11.2 Å². The van der Waals surface area contributed by atoms with Crippen molar-refractivity contribution in [1.82, 2.24) is 0 Å². The largest absolute Gasteiger partial charge is 0.594 e. The van der Waals surface area contributed by atoms with Crippen molar-refractivity contribution in [2.75, 3.05) is 0 Å². The van der Waals surface area contributed by atoms with Crippen LogP contribution in [0.5, 0.6) is 11.5 Å². The quantitative estimate of drug-likeness (QED) is 0.472. The average molecular weight is 230 g/mol. The summed E-state index contributed by atoms with van der Waals surface area (Å²) in [6.45, 7) is 0. The number of hydrogen-bond donors (Lipinski definition) is 2. The van der Waals surface area contributed by atoms with Crippen molar-refractivity contribution in [3.8, 4) is 11.5 Å². The van der Waals surface area contributed by atoms with E-state index in [0.29, 0.717) is 0 Å². The summed E-state index contributed by atoms with van der Waals surface area (Å²) in [5.74, 6) is -0.259. The van der Waals surface area contributed by atoms with Crippen LogP contribution in [0.1, 0.15) is 0 Å². The van der Waals surface area contributed by atoms with E-state index in [1.165, 1.54) is 24.3 Å². The first-order valence-electron chi connectivity index (χ1n) is 4.93. The summed E-state index contributed by atoms with van der Waals surface area (Å²) >= 11 is 0. The molecule has 0 atom stereocenters. The minimum absolute atomic E-state index is 0.0238. The maximum Gasteiger partial charge on any atom is 0.286 e. The predicted molar refractivity (Wildman–Crippen MR) is 61.6 cm³/mol. The van der Waals surface area contributed by atoms with Gasteiger partial charge in [0.15, 0.2) is 11.4 Å². The van der Waals surface area contributed by atoms with Crippen molar-refractivity contribution < 1.29 is 15.1 Å². The molecule has 0 fully saturated rings. The number of nitrogens with zero attached hydrogens (tertiary/aromatic N) is 2. The van der Waals surface area contributed by atoms with Crippen LogP contribution in [0.25, 0.3) is 0 Å². The Kier molecular flexibility index (Phi) is 2.91. The minimum atomic E-state index is -0.165. The molecule has 0 aliphatic carbocycles. The third kappa shape index (κ3) is 2.34. The standard InChI is InChI=1S/C12H10N2O3/c15-11-7-3-1-5-9(11)13-14(17)10-6-2-4-8-12(10)16/h1-8,15-16H. The maximum absolute atomic E-state index is 11.7. The Bertz CT molecular complexity index is 567. The molecule has 2 aromatic carbocycles. The lowest BCUT2D eigenvalue weighted by molar-refractivity contribution is -0.436. The molecule has 0 saturated carbocycles. The zero-order valence-corrected chi connectivity index (χ0v) is 8.82. The molecule has 0 amide bonds. The first-order chi connectivity index (χ1) is 8.18. The predicted octanol–water partition coefficient (Wildman–Crippen LogP) is 3.02. The second kappa shape index (κ2) is 4.52. The Balaban J connectivity index is 2.42. The summed E-state index contributed by atoms with van der Waals surface area (Å²) in [7, 11) is 0. The zero-order valence-electron chi connectivity index (χ0n) is 8.82. The van der Waals surface area contributed by atoms with Gasteiger partial charge < -0.3 is 15.4 Å². The van der Waals surface area contributed by atoms with Gasteiger partial charge in [-0.3, -0.25) is 0 Å². The molecular formula is C12H10N2O3. The Hall–Kier alpha value is -2.56. The fraction of sp³-hybridized carbons (Fsp3) is 0. The summed E-state index contributed by atoms with van der Waals surface area (Å²) in [5.41, 5.74) is 0.168. The van der Waals surface area contributed by atoms with E-state index in [4.69, 9.17) is 0 Å². The lowest BCUT2D eigenvalue weighted by Crippen LogP contribution is -1.90. The third-order valence-corrected chi connectivity index (χ3v) is 2.17. The van der Waals surface area contributed by atoms with Gasteiger partial charge in [0.05, 0.1) is 0 Å². The number of phenols is 2. The molecule has 0 aliphatic heterocycles. The van der Waals surface area contributed by atoms with E-state index in [9.17, 15) is 15.4 Å². The van der Waals surface area contributed by atoms with E-state index in [1.54, 1.807) is 24.3 Å². The molecule has 17 heavy (non-hydrogen) atoms. The van der Waals surface area contributed by atoms with Gasteiger partial charge in [0.2, 0.25) is 0 Å². The fourth-order valence-electron chi connectivity index (χ4n) is 1.33. The molecule has 2 rings (SSSR count). The van der Waals surface area contributed by atoms with E-state index >= 15 is 0 Å². The first kappa shape index (κ1) is 10.9. The van der Waals surface area contributed by atoms with Gasteiger partial charge in [0.1, 0.15) is 5.75 Å². The van der Waals surface area contributed by atoms with Gasteiger partial charge in [0.25, 0.3) is 5.69 Å². The molecule has 0 saturated heterocycles. The first-order valence-corrected chi connectivity index (χ1v) is 4.93. The molecule has 2 aromatic rings. The van der Waals surface area contributed by atoms with Crippen LogP contribution in [-0.4, -0.2) is 15.1 Å². The van der Waals surface area contributed by atoms with Crippen molar-refractivity contribution in [3.63, 3.8) is 0 Å². The molecule has 5 heteroatoms. The molecule has 86 valence electrons. The molecule has 0 aliphatic rings. The van der Waals surface area contributed by atoms with Crippen LogP contribution in [0.2, 0.25) is 0 Å². The number of benzene rings is 2. The van der Waals surface area contributed by atoms with Gasteiger partial charge >= 0.3 is 0 Å². The number of aromatic hydroxyl groups is 2. The summed E-state index contributed by atoms with van der Waals surface area (Å²) in [4.78, 5) is 0.268. The van der Waals surface area contributed by atoms with Crippen LogP contribution >= 0.6 is 0 Å². The Morgan fingerprint density at radius 2 is 1.47 bits per heavy atom. The molecule has 0 bridgehead atoms. The van der Waals surface area contributed by atoms with E-state index < -0.39 is 0 Å². The summed E-state index contributed by atoms with van der Waals surface area (Å²) in [6, 6.07) is 12.2. The molecular weight excluding hydrogens is 220 g/mol. The maximum atomic E-state index is 11.7. The normalized spacial score (nSPS) is 11.4.